The molecular weight excluding hydrogens is 538 g/mol. The van der Waals surface area contributed by atoms with Gasteiger partial charge in [-0.1, -0.05) is 25.1 Å². The number of nitrogens with zero attached hydrogens (tertiary/aromatic N) is 3. The zero-order chi connectivity index (χ0) is 29.3. The number of hydrogen-bond donors (Lipinski definition) is 3. The van der Waals surface area contributed by atoms with Crippen molar-refractivity contribution < 1.29 is 19.4 Å². The van der Waals surface area contributed by atoms with Crippen molar-refractivity contribution in [1.82, 2.24) is 14.9 Å². The number of benzene rings is 2. The topological polar surface area (TPSA) is 109 Å². The number of aromatic carboxylic acids is 1. The summed E-state index contributed by atoms with van der Waals surface area (Å²) in [7, 11) is 1.56. The van der Waals surface area contributed by atoms with E-state index < -0.39 is 5.97 Å². The molecule has 2 aromatic heterocycles. The summed E-state index contributed by atoms with van der Waals surface area (Å²) in [5.41, 5.74) is 5.71. The van der Waals surface area contributed by atoms with Crippen LogP contribution in [0, 0.1) is 13.8 Å². The number of ether oxygens (including phenoxy) is 1. The van der Waals surface area contributed by atoms with Crippen LogP contribution in [0.2, 0.25) is 0 Å². The number of pyridine rings is 1. The Bertz CT molecular complexity index is 1630. The lowest BCUT2D eigenvalue weighted by Crippen LogP contribution is -2.29. The Balaban J connectivity index is 1.67. The number of methoxy groups -OCH3 is 1. The highest BCUT2D eigenvalue weighted by Crippen LogP contribution is 2.45. The Hall–Kier alpha value is -4.70. The fourth-order valence-corrected chi connectivity index (χ4v) is 5.77. The lowest BCUT2D eigenvalue weighted by atomic mass is 9.96. The highest BCUT2D eigenvalue weighted by molar-refractivity contribution is 7.80. The van der Waals surface area contributed by atoms with Crippen molar-refractivity contribution in [3.05, 3.63) is 101 Å². The van der Waals surface area contributed by atoms with E-state index in [1.54, 1.807) is 32.4 Å². The van der Waals surface area contributed by atoms with E-state index in [2.05, 4.69) is 21.7 Å². The van der Waals surface area contributed by atoms with Crippen LogP contribution in [-0.4, -0.2) is 38.8 Å². The van der Waals surface area contributed by atoms with E-state index in [4.69, 9.17) is 17.0 Å². The number of amides is 1. The van der Waals surface area contributed by atoms with Gasteiger partial charge in [-0.25, -0.2) is 4.79 Å². The molecule has 9 nitrogen and oxygen atoms in total. The molecule has 0 saturated carbocycles. The number of carbonyl (C=O) groups is 2. The number of carbonyl (C=O) groups excluding carboxylic acids is 1. The number of carboxylic acid groups (broad SMARTS) is 1. The van der Waals surface area contributed by atoms with Crippen LogP contribution in [0.4, 0.5) is 11.4 Å². The first-order valence-corrected chi connectivity index (χ1v) is 13.7. The Morgan fingerprint density at radius 1 is 1.10 bits per heavy atom. The minimum absolute atomic E-state index is 0.114. The Morgan fingerprint density at radius 3 is 2.54 bits per heavy atom. The van der Waals surface area contributed by atoms with Gasteiger partial charge in [0.1, 0.15) is 5.75 Å². The first-order chi connectivity index (χ1) is 19.7. The zero-order valence-corrected chi connectivity index (χ0v) is 24.0. The van der Waals surface area contributed by atoms with Crippen LogP contribution in [0.1, 0.15) is 58.4 Å². The second kappa shape index (κ2) is 11.4. The predicted molar refractivity (Wildman–Crippen MR) is 162 cm³/mol. The average molecular weight is 570 g/mol. The van der Waals surface area contributed by atoms with Crippen LogP contribution in [0.3, 0.4) is 0 Å². The van der Waals surface area contributed by atoms with Gasteiger partial charge in [0.05, 0.1) is 41.8 Å². The molecule has 2 atom stereocenters. The molecule has 0 bridgehead atoms. The van der Waals surface area contributed by atoms with Crippen molar-refractivity contribution in [2.75, 3.05) is 17.3 Å². The number of aromatic nitrogens is 2. The van der Waals surface area contributed by atoms with Crippen LogP contribution in [0.25, 0.3) is 5.69 Å². The smallest absolute Gasteiger partial charge is 0.337 e. The third-order valence-corrected chi connectivity index (χ3v) is 7.64. The van der Waals surface area contributed by atoms with Crippen LogP contribution in [0.5, 0.6) is 5.75 Å². The van der Waals surface area contributed by atoms with Crippen molar-refractivity contribution in [3.8, 4) is 11.4 Å². The summed E-state index contributed by atoms with van der Waals surface area (Å²) in [5.74, 6) is -0.599. The number of anilines is 2. The fraction of sp³-hybridized carbons (Fsp3) is 0.226. The van der Waals surface area contributed by atoms with E-state index in [9.17, 15) is 14.7 Å². The van der Waals surface area contributed by atoms with Gasteiger partial charge in [-0.05, 0) is 74.1 Å². The van der Waals surface area contributed by atoms with E-state index in [1.807, 2.05) is 71.8 Å². The summed E-state index contributed by atoms with van der Waals surface area (Å²) in [5, 5.41) is 16.7. The molecule has 1 saturated heterocycles. The van der Waals surface area contributed by atoms with E-state index in [-0.39, 0.29) is 23.6 Å². The maximum atomic E-state index is 12.1. The van der Waals surface area contributed by atoms with E-state index in [0.717, 1.165) is 28.3 Å². The second-order valence-corrected chi connectivity index (χ2v) is 10.2. The van der Waals surface area contributed by atoms with Gasteiger partial charge in [0.15, 0.2) is 5.11 Å². The summed E-state index contributed by atoms with van der Waals surface area (Å²) in [6.45, 7) is 5.74. The van der Waals surface area contributed by atoms with Gasteiger partial charge < -0.3 is 29.9 Å². The molecule has 10 heteroatoms. The van der Waals surface area contributed by atoms with Crippen LogP contribution in [-0.2, 0) is 4.79 Å². The summed E-state index contributed by atoms with van der Waals surface area (Å²) in [6.07, 6.45) is 2.10. The normalized spacial score (nSPS) is 16.4. The molecule has 1 aliphatic rings. The number of para-hydroxylation sites is 1. The molecule has 1 aliphatic heterocycles. The van der Waals surface area contributed by atoms with Crippen LogP contribution >= 0.6 is 12.2 Å². The molecule has 0 unspecified atom stereocenters. The second-order valence-electron chi connectivity index (χ2n) is 9.77. The molecule has 210 valence electrons. The SMILES string of the molecule is CCC(=O)Nc1ccc(N2C(=S)N[C@@H](c3ccccn3)[C@@H]2c2cc(C)n(-c3ccccc3C(=O)O)c2C)cc1OC. The molecule has 4 aromatic rings. The van der Waals surface area contributed by atoms with Crippen molar-refractivity contribution in [1.29, 1.82) is 0 Å². The van der Waals surface area contributed by atoms with Crippen molar-refractivity contribution in [2.24, 2.45) is 0 Å². The van der Waals surface area contributed by atoms with Gasteiger partial charge in [0, 0.05) is 35.8 Å². The fourth-order valence-electron chi connectivity index (χ4n) is 5.43. The Morgan fingerprint density at radius 2 is 1.85 bits per heavy atom. The number of nitrogens with one attached hydrogen (secondary N) is 2. The monoisotopic (exact) mass is 569 g/mol. The zero-order valence-electron chi connectivity index (χ0n) is 23.2. The molecule has 3 heterocycles. The molecule has 2 aromatic carbocycles. The van der Waals surface area contributed by atoms with Gasteiger partial charge in [-0.3, -0.25) is 9.78 Å². The first-order valence-electron chi connectivity index (χ1n) is 13.2. The molecule has 41 heavy (non-hydrogen) atoms. The lowest BCUT2D eigenvalue weighted by molar-refractivity contribution is -0.115. The van der Waals surface area contributed by atoms with Crippen LogP contribution < -0.4 is 20.3 Å². The Labute approximate surface area is 243 Å². The number of rotatable bonds is 8. The summed E-state index contributed by atoms with van der Waals surface area (Å²) in [6, 6.07) is 19.8. The average Bonchev–Trinajstić information content (AvgIpc) is 3.48. The number of aryl methyl sites for hydroxylation is 1. The number of thiocarbonyl (C=S) groups is 1. The predicted octanol–water partition coefficient (Wildman–Crippen LogP) is 5.72. The third kappa shape index (κ3) is 5.14. The van der Waals surface area contributed by atoms with Gasteiger partial charge in [0.2, 0.25) is 5.91 Å². The highest BCUT2D eigenvalue weighted by Gasteiger charge is 2.42. The molecule has 0 aliphatic carbocycles. The largest absolute Gasteiger partial charge is 0.494 e. The quantitative estimate of drug-likeness (QED) is 0.231. The van der Waals surface area contributed by atoms with Crippen LogP contribution in [0.15, 0.2) is 72.9 Å². The van der Waals surface area contributed by atoms with Crippen molar-refractivity contribution in [3.63, 3.8) is 0 Å². The molecule has 0 radical (unpaired) electrons. The molecule has 1 amide bonds. The standard InChI is InChI=1S/C31H31N5O4S/c1-5-27(37)33-23-14-13-20(17-26(23)40-4)36-29(28(34-31(36)41)24-11-8-9-15-32-24)22-16-18(2)35(19(22)3)25-12-7-6-10-21(25)30(38)39/h6-17,28-29H,5H2,1-4H3,(H,33,37)(H,34,41)(H,38,39)/t28-,29-/m0/s1. The van der Waals surface area contributed by atoms with Crippen molar-refractivity contribution in [2.45, 2.75) is 39.3 Å². The summed E-state index contributed by atoms with van der Waals surface area (Å²) < 4.78 is 7.61. The van der Waals surface area contributed by atoms with Gasteiger partial charge in [-0.2, -0.15) is 0 Å². The van der Waals surface area contributed by atoms with Gasteiger partial charge in [-0.15, -0.1) is 0 Å². The first kappa shape index (κ1) is 27.9. The molecule has 3 N–H and O–H groups in total. The molecule has 1 fully saturated rings. The molecule has 0 spiro atoms. The molecule has 5 rings (SSSR count). The Kier molecular flexibility index (Phi) is 7.76. The summed E-state index contributed by atoms with van der Waals surface area (Å²) in [4.78, 5) is 30.8. The van der Waals surface area contributed by atoms with E-state index >= 15 is 0 Å². The minimum atomic E-state index is -0.992. The van der Waals surface area contributed by atoms with E-state index in [0.29, 0.717) is 28.7 Å². The maximum absolute atomic E-state index is 12.1. The highest BCUT2D eigenvalue weighted by atomic mass is 32.1. The maximum Gasteiger partial charge on any atom is 0.337 e. The summed E-state index contributed by atoms with van der Waals surface area (Å²) >= 11 is 5.90. The number of carboxylic acids is 1. The minimum Gasteiger partial charge on any atom is -0.494 e. The molecular formula is C31H31N5O4S. The van der Waals surface area contributed by atoms with Gasteiger partial charge in [0.25, 0.3) is 0 Å². The lowest BCUT2D eigenvalue weighted by Gasteiger charge is -2.29. The number of hydrogen-bond acceptors (Lipinski definition) is 5. The third-order valence-electron chi connectivity index (χ3n) is 7.32. The van der Waals surface area contributed by atoms with Gasteiger partial charge >= 0.3 is 5.97 Å². The van der Waals surface area contributed by atoms with E-state index in [1.165, 1.54) is 0 Å². The van der Waals surface area contributed by atoms with Crippen molar-refractivity contribution >= 4 is 40.6 Å².